The fourth-order valence-corrected chi connectivity index (χ4v) is 1.26. The second-order valence-electron chi connectivity index (χ2n) is 3.05. The van der Waals surface area contributed by atoms with Crippen LogP contribution in [0.15, 0.2) is 24.3 Å². The van der Waals surface area contributed by atoms with E-state index in [4.69, 9.17) is 16.3 Å². The van der Waals surface area contributed by atoms with Crippen molar-refractivity contribution in [3.8, 4) is 0 Å². The maximum absolute atomic E-state index is 10.4. The predicted molar refractivity (Wildman–Crippen MR) is 56.8 cm³/mol. The van der Waals surface area contributed by atoms with E-state index in [1.165, 1.54) is 0 Å². The van der Waals surface area contributed by atoms with Gasteiger partial charge in [-0.05, 0) is 6.07 Å². The number of carbonyl (C=O) groups is 1. The smallest absolute Gasteiger partial charge is 0.404 e. The molecule has 14 heavy (non-hydrogen) atoms. The quantitative estimate of drug-likeness (QED) is 0.723. The highest BCUT2D eigenvalue weighted by Crippen LogP contribution is 2.18. The first-order valence-corrected chi connectivity index (χ1v) is 4.56. The molecule has 0 bridgehead atoms. The van der Waals surface area contributed by atoms with Crippen LogP contribution in [0.25, 0.3) is 0 Å². The Hall–Kier alpha value is -1.22. The van der Waals surface area contributed by atoms with E-state index in [0.717, 1.165) is 11.3 Å². The fraction of sp³-hybridized carbons (Fsp3) is 0.300. The van der Waals surface area contributed by atoms with Crippen LogP contribution in [0, 0.1) is 0 Å². The van der Waals surface area contributed by atoms with Gasteiger partial charge in [0.25, 0.3) is 0 Å². The highest BCUT2D eigenvalue weighted by Gasteiger charge is 2.05. The Morgan fingerprint density at radius 1 is 1.43 bits per heavy atom. The zero-order chi connectivity index (χ0) is 10.6. The van der Waals surface area contributed by atoms with Crippen LogP contribution in [0.1, 0.15) is 5.56 Å². The van der Waals surface area contributed by atoms with Gasteiger partial charge in [0.05, 0.1) is 0 Å². The third kappa shape index (κ3) is 2.92. The summed E-state index contributed by atoms with van der Waals surface area (Å²) in [5.74, 6) is 0. The van der Waals surface area contributed by atoms with Crippen LogP contribution in [0.4, 0.5) is 10.5 Å². The maximum Gasteiger partial charge on any atom is 0.404 e. The molecule has 0 aliphatic heterocycles. The monoisotopic (exact) mass is 213 g/mol. The molecule has 0 spiro atoms. The van der Waals surface area contributed by atoms with Crippen molar-refractivity contribution < 1.29 is 9.53 Å². The molecule has 0 aliphatic carbocycles. The van der Waals surface area contributed by atoms with Crippen molar-refractivity contribution in [3.05, 3.63) is 29.8 Å². The summed E-state index contributed by atoms with van der Waals surface area (Å²) in [5, 5.41) is 0. The molecular formula is C10H12ClNO2. The first-order valence-electron chi connectivity index (χ1n) is 4.18. The predicted octanol–water partition coefficient (Wildman–Crippen LogP) is 2.63. The molecule has 0 saturated carbocycles. The van der Waals surface area contributed by atoms with E-state index in [9.17, 15) is 4.79 Å². The van der Waals surface area contributed by atoms with E-state index in [2.05, 4.69) is 0 Å². The summed E-state index contributed by atoms with van der Waals surface area (Å²) in [7, 11) is 3.86. The van der Waals surface area contributed by atoms with E-state index < -0.39 is 5.43 Å². The van der Waals surface area contributed by atoms with Gasteiger partial charge in [0, 0.05) is 36.9 Å². The molecule has 0 radical (unpaired) electrons. The van der Waals surface area contributed by atoms with Crippen molar-refractivity contribution in [3.63, 3.8) is 0 Å². The molecule has 0 heterocycles. The Morgan fingerprint density at radius 3 is 2.64 bits per heavy atom. The maximum atomic E-state index is 10.4. The SMILES string of the molecule is CN(C)c1ccccc1COC(=O)Cl. The second-order valence-corrected chi connectivity index (χ2v) is 3.36. The third-order valence-electron chi connectivity index (χ3n) is 1.81. The van der Waals surface area contributed by atoms with Gasteiger partial charge in [0.2, 0.25) is 0 Å². The second kappa shape index (κ2) is 4.86. The summed E-state index contributed by atoms with van der Waals surface area (Å²) >= 11 is 5.08. The summed E-state index contributed by atoms with van der Waals surface area (Å²) in [6.07, 6.45) is 0. The molecule has 76 valence electrons. The number of ether oxygens (including phenoxy) is 1. The number of carbonyl (C=O) groups excluding carboxylic acids is 1. The van der Waals surface area contributed by atoms with Gasteiger partial charge in [-0.25, -0.2) is 4.79 Å². The van der Waals surface area contributed by atoms with Crippen LogP contribution in [-0.2, 0) is 11.3 Å². The fourth-order valence-electron chi connectivity index (χ4n) is 1.20. The number of nitrogens with zero attached hydrogens (tertiary/aromatic N) is 1. The number of rotatable bonds is 3. The van der Waals surface area contributed by atoms with Crippen LogP contribution in [0.3, 0.4) is 0 Å². The van der Waals surface area contributed by atoms with Crippen LogP contribution in [0.2, 0.25) is 0 Å². The molecule has 0 fully saturated rings. The Morgan fingerprint density at radius 2 is 2.07 bits per heavy atom. The number of para-hydroxylation sites is 1. The van der Waals surface area contributed by atoms with E-state index >= 15 is 0 Å². The third-order valence-corrected chi connectivity index (χ3v) is 1.92. The number of halogens is 1. The Labute approximate surface area is 88.2 Å². The van der Waals surface area contributed by atoms with Crippen molar-refractivity contribution in [1.82, 2.24) is 0 Å². The van der Waals surface area contributed by atoms with Crippen molar-refractivity contribution in [2.45, 2.75) is 6.61 Å². The highest BCUT2D eigenvalue weighted by molar-refractivity contribution is 6.61. The lowest BCUT2D eigenvalue weighted by molar-refractivity contribution is 0.167. The van der Waals surface area contributed by atoms with E-state index in [-0.39, 0.29) is 6.61 Å². The largest absolute Gasteiger partial charge is 0.449 e. The highest BCUT2D eigenvalue weighted by atomic mass is 35.5. The van der Waals surface area contributed by atoms with Gasteiger partial charge in [-0.2, -0.15) is 0 Å². The molecule has 1 rings (SSSR count). The van der Waals surface area contributed by atoms with E-state index in [0.29, 0.717) is 0 Å². The van der Waals surface area contributed by atoms with Crippen LogP contribution >= 0.6 is 11.6 Å². The molecule has 0 aliphatic rings. The minimum Gasteiger partial charge on any atom is -0.449 e. The molecule has 0 unspecified atom stereocenters. The lowest BCUT2D eigenvalue weighted by atomic mass is 10.2. The number of benzene rings is 1. The van der Waals surface area contributed by atoms with E-state index in [1.54, 1.807) is 0 Å². The molecule has 0 atom stereocenters. The summed E-state index contributed by atoms with van der Waals surface area (Å²) in [6.45, 7) is 0.205. The lowest BCUT2D eigenvalue weighted by Gasteiger charge is -2.16. The average Bonchev–Trinajstić information content (AvgIpc) is 2.15. The van der Waals surface area contributed by atoms with Crippen LogP contribution in [0.5, 0.6) is 0 Å². The minimum absolute atomic E-state index is 0.205. The molecule has 3 nitrogen and oxygen atoms in total. The lowest BCUT2D eigenvalue weighted by Crippen LogP contribution is -2.11. The Bertz CT molecular complexity index is 326. The summed E-state index contributed by atoms with van der Waals surface area (Å²) in [5.41, 5.74) is 1.18. The molecular weight excluding hydrogens is 202 g/mol. The van der Waals surface area contributed by atoms with Crippen molar-refractivity contribution in [2.75, 3.05) is 19.0 Å². The topological polar surface area (TPSA) is 29.5 Å². The molecule has 0 N–H and O–H groups in total. The first-order chi connectivity index (χ1) is 6.61. The summed E-state index contributed by atoms with van der Waals surface area (Å²) in [4.78, 5) is 12.4. The Balaban J connectivity index is 2.79. The van der Waals surface area contributed by atoms with Gasteiger partial charge in [0.1, 0.15) is 6.61 Å². The van der Waals surface area contributed by atoms with Gasteiger partial charge >= 0.3 is 5.43 Å². The van der Waals surface area contributed by atoms with Crippen molar-refractivity contribution in [1.29, 1.82) is 0 Å². The zero-order valence-corrected chi connectivity index (χ0v) is 8.91. The molecule has 0 amide bonds. The summed E-state index contributed by atoms with van der Waals surface area (Å²) < 4.78 is 4.72. The molecule has 1 aromatic rings. The minimum atomic E-state index is -0.779. The molecule has 1 aromatic carbocycles. The molecule has 0 aromatic heterocycles. The van der Waals surface area contributed by atoms with Gasteiger partial charge < -0.3 is 9.64 Å². The number of anilines is 1. The van der Waals surface area contributed by atoms with Crippen molar-refractivity contribution in [2.24, 2.45) is 0 Å². The summed E-state index contributed by atoms with van der Waals surface area (Å²) in [6, 6.07) is 7.68. The van der Waals surface area contributed by atoms with Crippen molar-refractivity contribution >= 4 is 22.7 Å². The molecule has 4 heteroatoms. The molecule has 0 saturated heterocycles. The normalized spacial score (nSPS) is 9.64. The van der Waals surface area contributed by atoms with Gasteiger partial charge in [-0.15, -0.1) is 0 Å². The zero-order valence-electron chi connectivity index (χ0n) is 8.16. The van der Waals surface area contributed by atoms with E-state index in [1.807, 2.05) is 43.3 Å². The standard InChI is InChI=1S/C10H12ClNO2/c1-12(2)9-6-4-3-5-8(9)7-14-10(11)13/h3-6H,7H2,1-2H3. The van der Waals surface area contributed by atoms with Crippen LogP contribution in [-0.4, -0.2) is 19.5 Å². The average molecular weight is 214 g/mol. The van der Waals surface area contributed by atoms with Crippen LogP contribution < -0.4 is 4.90 Å². The number of hydrogen-bond acceptors (Lipinski definition) is 3. The van der Waals surface area contributed by atoms with Gasteiger partial charge in [-0.3, -0.25) is 0 Å². The van der Waals surface area contributed by atoms with Gasteiger partial charge in [0.15, 0.2) is 0 Å². The number of hydrogen-bond donors (Lipinski definition) is 0. The Kier molecular flexibility index (Phi) is 3.77. The first kappa shape index (κ1) is 10.9. The van der Waals surface area contributed by atoms with Gasteiger partial charge in [-0.1, -0.05) is 18.2 Å².